The van der Waals surface area contributed by atoms with E-state index in [0.717, 1.165) is 29.4 Å². The largest absolute Gasteiger partial charge is 0.508 e. The van der Waals surface area contributed by atoms with Gasteiger partial charge in [0.15, 0.2) is 0 Å². The minimum absolute atomic E-state index is 0.107. The van der Waals surface area contributed by atoms with Crippen molar-refractivity contribution in [3.63, 3.8) is 0 Å². The number of nitrogens with one attached hydrogen (secondary N) is 2. The van der Waals surface area contributed by atoms with Gasteiger partial charge in [-0.2, -0.15) is 0 Å². The number of H-pyrrole nitrogens is 1. The van der Waals surface area contributed by atoms with E-state index in [9.17, 15) is 15.0 Å². The minimum Gasteiger partial charge on any atom is -0.508 e. The Morgan fingerprint density at radius 2 is 2.04 bits per heavy atom. The third kappa shape index (κ3) is 3.50. The molecule has 2 heterocycles. The summed E-state index contributed by atoms with van der Waals surface area (Å²) >= 11 is 0. The number of aryl methyl sites for hydroxylation is 2. The Bertz CT molecular complexity index is 990. The van der Waals surface area contributed by atoms with Gasteiger partial charge in [0.2, 0.25) is 0 Å². The maximum atomic E-state index is 12.2. The lowest BCUT2D eigenvalue weighted by atomic mass is 9.98. The summed E-state index contributed by atoms with van der Waals surface area (Å²) in [7, 11) is 0. The first-order valence-corrected chi connectivity index (χ1v) is 9.46. The zero-order valence-corrected chi connectivity index (χ0v) is 15.4. The van der Waals surface area contributed by atoms with Crippen LogP contribution in [0.4, 0.5) is 0 Å². The predicted molar refractivity (Wildman–Crippen MR) is 105 cm³/mol. The zero-order valence-electron chi connectivity index (χ0n) is 15.4. The van der Waals surface area contributed by atoms with Crippen molar-refractivity contribution >= 4 is 11.0 Å². The Morgan fingerprint density at radius 1 is 1.26 bits per heavy atom. The molecule has 142 valence electrons. The Labute approximate surface area is 157 Å². The van der Waals surface area contributed by atoms with E-state index in [1.165, 1.54) is 5.56 Å². The molecule has 1 aliphatic rings. The van der Waals surface area contributed by atoms with Crippen LogP contribution in [0.5, 0.6) is 5.75 Å². The Hall–Kier alpha value is -2.57. The number of rotatable bonds is 5. The number of imidazole rings is 1. The predicted octanol–water partition coefficient (Wildman–Crippen LogP) is 2.45. The summed E-state index contributed by atoms with van der Waals surface area (Å²) in [5, 5.41) is 23.9. The molecule has 0 spiro atoms. The van der Waals surface area contributed by atoms with Gasteiger partial charge in [0.05, 0.1) is 17.1 Å². The lowest BCUT2D eigenvalue weighted by Crippen LogP contribution is -2.41. The molecule has 4 N–H and O–H groups in total. The summed E-state index contributed by atoms with van der Waals surface area (Å²) in [4.78, 5) is 15.1. The molecule has 0 amide bonds. The van der Waals surface area contributed by atoms with Crippen LogP contribution in [0.25, 0.3) is 11.0 Å². The first-order chi connectivity index (χ1) is 13.0. The molecular weight excluding hydrogens is 342 g/mol. The van der Waals surface area contributed by atoms with Crippen LogP contribution in [-0.4, -0.2) is 31.8 Å². The number of phenols is 1. The van der Waals surface area contributed by atoms with Crippen molar-refractivity contribution in [2.45, 2.75) is 50.9 Å². The van der Waals surface area contributed by atoms with E-state index >= 15 is 0 Å². The van der Waals surface area contributed by atoms with Gasteiger partial charge in [0, 0.05) is 24.2 Å². The molecule has 1 unspecified atom stereocenters. The summed E-state index contributed by atoms with van der Waals surface area (Å²) in [6.45, 7) is 2.70. The molecule has 1 aliphatic heterocycles. The monoisotopic (exact) mass is 367 g/mol. The third-order valence-corrected chi connectivity index (χ3v) is 5.49. The van der Waals surface area contributed by atoms with Crippen LogP contribution in [0.15, 0.2) is 47.3 Å². The lowest BCUT2D eigenvalue weighted by Gasteiger charge is -2.26. The van der Waals surface area contributed by atoms with Crippen LogP contribution < -0.4 is 11.0 Å². The number of aromatic nitrogens is 2. The first-order valence-electron chi connectivity index (χ1n) is 9.46. The minimum atomic E-state index is -0.659. The average molecular weight is 367 g/mol. The molecule has 6 heteroatoms. The molecule has 0 radical (unpaired) electrons. The summed E-state index contributed by atoms with van der Waals surface area (Å²) in [6.07, 6.45) is 1.85. The summed E-state index contributed by atoms with van der Waals surface area (Å²) < 4.78 is 1.73. The molecular formula is C21H25N3O3. The number of nitrogens with zero attached hydrogens (tertiary/aromatic N) is 1. The van der Waals surface area contributed by atoms with E-state index in [2.05, 4.69) is 17.2 Å². The summed E-state index contributed by atoms with van der Waals surface area (Å²) in [6, 6.07) is 13.0. The molecule has 27 heavy (non-hydrogen) atoms. The molecule has 0 bridgehead atoms. The summed E-state index contributed by atoms with van der Waals surface area (Å²) in [5.74, 6) is 0.277. The van der Waals surface area contributed by atoms with Crippen molar-refractivity contribution in [2.24, 2.45) is 0 Å². The normalized spacial score (nSPS) is 20.5. The zero-order chi connectivity index (χ0) is 19.0. The number of aliphatic hydroxyl groups is 1. The van der Waals surface area contributed by atoms with Crippen molar-refractivity contribution < 1.29 is 10.2 Å². The molecule has 6 nitrogen and oxygen atoms in total. The lowest BCUT2D eigenvalue weighted by molar-refractivity contribution is 0.119. The van der Waals surface area contributed by atoms with Crippen molar-refractivity contribution in [1.29, 1.82) is 0 Å². The maximum Gasteiger partial charge on any atom is 0.326 e. The van der Waals surface area contributed by atoms with E-state index in [0.29, 0.717) is 13.0 Å². The van der Waals surface area contributed by atoms with Crippen molar-refractivity contribution in [1.82, 2.24) is 14.9 Å². The van der Waals surface area contributed by atoms with Gasteiger partial charge in [-0.3, -0.25) is 4.57 Å². The summed E-state index contributed by atoms with van der Waals surface area (Å²) in [5.41, 5.74) is 3.45. The number of benzene rings is 2. The standard InChI is InChI=1S/C21H25N3O3/c1-13(5-6-14-7-9-15(25)10-8-14)22-18-11-12-24-19-16(20(18)26)3-2-4-17(19)23-21(24)27/h2-4,7-10,13,18,20,22,25-26H,5-6,11-12H2,1H3,(H,23,27)/t13?,18-,20-/m1/s1. The van der Waals surface area contributed by atoms with Gasteiger partial charge in [-0.15, -0.1) is 0 Å². The number of hydrogen-bond donors (Lipinski definition) is 4. The molecule has 3 atom stereocenters. The third-order valence-electron chi connectivity index (χ3n) is 5.49. The number of phenolic OH excluding ortho intramolecular Hbond substituents is 1. The van der Waals surface area contributed by atoms with Crippen LogP contribution >= 0.6 is 0 Å². The highest BCUT2D eigenvalue weighted by Gasteiger charge is 2.29. The van der Waals surface area contributed by atoms with Crippen LogP contribution in [-0.2, 0) is 13.0 Å². The van der Waals surface area contributed by atoms with E-state index in [-0.39, 0.29) is 23.5 Å². The van der Waals surface area contributed by atoms with E-state index in [4.69, 9.17) is 0 Å². The van der Waals surface area contributed by atoms with Crippen LogP contribution in [0.1, 0.15) is 37.0 Å². The highest BCUT2D eigenvalue weighted by Crippen LogP contribution is 2.30. The number of aromatic hydroxyl groups is 1. The number of aliphatic hydroxyl groups excluding tert-OH is 1. The number of aromatic amines is 1. The van der Waals surface area contributed by atoms with Gasteiger partial charge in [-0.1, -0.05) is 24.3 Å². The van der Waals surface area contributed by atoms with Gasteiger partial charge in [-0.05, 0) is 49.9 Å². The fourth-order valence-corrected chi connectivity index (χ4v) is 4.01. The Morgan fingerprint density at radius 3 is 2.81 bits per heavy atom. The molecule has 0 aliphatic carbocycles. The average Bonchev–Trinajstić information content (AvgIpc) is 2.91. The molecule has 0 saturated heterocycles. The van der Waals surface area contributed by atoms with Crippen LogP contribution in [0.2, 0.25) is 0 Å². The Balaban J connectivity index is 1.46. The fourth-order valence-electron chi connectivity index (χ4n) is 4.01. The van der Waals surface area contributed by atoms with E-state index in [1.54, 1.807) is 16.7 Å². The second-order valence-electron chi connectivity index (χ2n) is 7.44. The van der Waals surface area contributed by atoms with Crippen molar-refractivity contribution in [3.8, 4) is 5.75 Å². The van der Waals surface area contributed by atoms with E-state index in [1.807, 2.05) is 30.3 Å². The quantitative estimate of drug-likeness (QED) is 0.558. The highest BCUT2D eigenvalue weighted by atomic mass is 16.3. The second-order valence-corrected chi connectivity index (χ2v) is 7.44. The van der Waals surface area contributed by atoms with Gasteiger partial charge in [0.25, 0.3) is 0 Å². The van der Waals surface area contributed by atoms with Gasteiger partial charge in [0.1, 0.15) is 5.75 Å². The molecule has 2 aromatic carbocycles. The SMILES string of the molecule is CC(CCc1ccc(O)cc1)N[C@@H]1CCn2c(=O)[nH]c3cccc(c32)[C@H]1O. The molecule has 0 fully saturated rings. The Kier molecular flexibility index (Phi) is 4.76. The van der Waals surface area contributed by atoms with Gasteiger partial charge in [-0.25, -0.2) is 4.79 Å². The smallest absolute Gasteiger partial charge is 0.326 e. The van der Waals surface area contributed by atoms with Crippen molar-refractivity contribution in [3.05, 3.63) is 64.1 Å². The molecule has 1 aromatic heterocycles. The van der Waals surface area contributed by atoms with E-state index < -0.39 is 6.10 Å². The van der Waals surface area contributed by atoms with Crippen LogP contribution in [0, 0.1) is 0 Å². The number of para-hydroxylation sites is 1. The fraction of sp³-hybridized carbons (Fsp3) is 0.381. The molecule has 4 rings (SSSR count). The topological polar surface area (TPSA) is 90.3 Å². The second kappa shape index (κ2) is 7.21. The van der Waals surface area contributed by atoms with Crippen LogP contribution in [0.3, 0.4) is 0 Å². The van der Waals surface area contributed by atoms with Gasteiger partial charge >= 0.3 is 5.69 Å². The highest BCUT2D eigenvalue weighted by molar-refractivity contribution is 5.79. The molecule has 0 saturated carbocycles. The maximum absolute atomic E-state index is 12.2. The van der Waals surface area contributed by atoms with Crippen molar-refractivity contribution in [2.75, 3.05) is 0 Å². The first kappa shape index (κ1) is 17.8. The van der Waals surface area contributed by atoms with Gasteiger partial charge < -0.3 is 20.5 Å². The molecule has 3 aromatic rings. The number of hydrogen-bond acceptors (Lipinski definition) is 4.